The van der Waals surface area contributed by atoms with Crippen molar-refractivity contribution in [2.45, 2.75) is 6.42 Å². The van der Waals surface area contributed by atoms with Crippen molar-refractivity contribution >= 4 is 5.97 Å². The van der Waals surface area contributed by atoms with Crippen molar-refractivity contribution in [3.05, 3.63) is 11.8 Å². The highest BCUT2D eigenvalue weighted by Crippen LogP contribution is 1.98. The molecule has 1 aromatic rings. The lowest BCUT2D eigenvalue weighted by Gasteiger charge is -1.84. The second kappa shape index (κ2) is 3.11. The molecular weight excluding hydrogens is 150 g/mol. The summed E-state index contributed by atoms with van der Waals surface area (Å²) in [6, 6.07) is 0. The number of hydrogen-bond donors (Lipinski definition) is 2. The predicted octanol–water partition coefficient (Wildman–Crippen LogP) is -0.731. The summed E-state index contributed by atoms with van der Waals surface area (Å²) < 4.78 is 4.68. The van der Waals surface area contributed by atoms with Gasteiger partial charge in [0.15, 0.2) is 0 Å². The monoisotopic (exact) mass is 157 g/mol. The van der Waals surface area contributed by atoms with E-state index in [0.29, 0.717) is 13.0 Å². The van der Waals surface area contributed by atoms with E-state index >= 15 is 0 Å². The molecule has 11 heavy (non-hydrogen) atoms. The molecule has 0 atom stereocenters. The van der Waals surface area contributed by atoms with Crippen LogP contribution in [-0.2, 0) is 6.42 Å². The molecule has 0 aliphatic rings. The van der Waals surface area contributed by atoms with Crippen LogP contribution in [0.5, 0.6) is 0 Å². The van der Waals surface area contributed by atoms with Gasteiger partial charge in [0.05, 0.1) is 0 Å². The largest absolute Gasteiger partial charge is 0.474 e. The first-order valence-electron chi connectivity index (χ1n) is 2.99. The molecule has 0 radical (unpaired) electrons. The van der Waals surface area contributed by atoms with Crippen molar-refractivity contribution in [2.24, 2.45) is 5.73 Å². The van der Waals surface area contributed by atoms with Crippen LogP contribution in [0.15, 0.2) is 4.42 Å². The zero-order chi connectivity index (χ0) is 8.27. The maximum atomic E-state index is 10.2. The first-order valence-corrected chi connectivity index (χ1v) is 2.99. The van der Waals surface area contributed by atoms with Gasteiger partial charge in [-0.2, -0.15) is 0 Å². The quantitative estimate of drug-likeness (QED) is 0.599. The molecule has 0 fully saturated rings. The minimum Gasteiger partial charge on any atom is -0.474 e. The maximum absolute atomic E-state index is 10.2. The zero-order valence-electron chi connectivity index (χ0n) is 5.65. The van der Waals surface area contributed by atoms with E-state index in [4.69, 9.17) is 10.8 Å². The molecule has 6 heteroatoms. The predicted molar refractivity (Wildman–Crippen MR) is 34.0 cm³/mol. The summed E-state index contributed by atoms with van der Waals surface area (Å²) in [4.78, 5) is 10.2. The molecule has 0 bridgehead atoms. The molecule has 60 valence electrons. The van der Waals surface area contributed by atoms with Gasteiger partial charge in [0.2, 0.25) is 5.89 Å². The summed E-state index contributed by atoms with van der Waals surface area (Å²) >= 11 is 0. The van der Waals surface area contributed by atoms with E-state index in [1.807, 2.05) is 0 Å². The lowest BCUT2D eigenvalue weighted by Crippen LogP contribution is -2.02. The van der Waals surface area contributed by atoms with E-state index in [0.717, 1.165) is 0 Å². The molecule has 1 rings (SSSR count). The Bertz CT molecular complexity index is 257. The number of aromatic carboxylic acids is 1. The third-order valence-electron chi connectivity index (χ3n) is 1.01. The van der Waals surface area contributed by atoms with Crippen LogP contribution in [0.1, 0.15) is 16.6 Å². The Morgan fingerprint density at radius 2 is 2.36 bits per heavy atom. The van der Waals surface area contributed by atoms with E-state index in [1.54, 1.807) is 0 Å². The fourth-order valence-corrected chi connectivity index (χ4v) is 0.565. The van der Waals surface area contributed by atoms with Gasteiger partial charge in [-0.3, -0.25) is 0 Å². The smallest absolute Gasteiger partial charge is 0.393 e. The van der Waals surface area contributed by atoms with E-state index < -0.39 is 11.9 Å². The van der Waals surface area contributed by atoms with E-state index in [2.05, 4.69) is 14.6 Å². The molecule has 0 spiro atoms. The molecule has 6 nitrogen and oxygen atoms in total. The van der Waals surface area contributed by atoms with Crippen LogP contribution in [0.3, 0.4) is 0 Å². The highest BCUT2D eigenvalue weighted by Gasteiger charge is 2.11. The first-order chi connectivity index (χ1) is 5.24. The van der Waals surface area contributed by atoms with Gasteiger partial charge in [0.1, 0.15) is 0 Å². The number of carboxylic acids is 1. The molecule has 0 unspecified atom stereocenters. The Kier molecular flexibility index (Phi) is 2.17. The lowest BCUT2D eigenvalue weighted by atomic mass is 10.4. The highest BCUT2D eigenvalue weighted by molar-refractivity contribution is 5.81. The number of hydrogen-bond acceptors (Lipinski definition) is 5. The van der Waals surface area contributed by atoms with Crippen LogP contribution in [-0.4, -0.2) is 27.8 Å². The minimum atomic E-state index is -1.22. The van der Waals surface area contributed by atoms with Crippen molar-refractivity contribution in [2.75, 3.05) is 6.54 Å². The van der Waals surface area contributed by atoms with Gasteiger partial charge in [-0.15, -0.1) is 10.2 Å². The number of carbonyl (C=O) groups is 1. The van der Waals surface area contributed by atoms with Crippen LogP contribution in [0.4, 0.5) is 0 Å². The summed E-state index contributed by atoms with van der Waals surface area (Å²) in [6.07, 6.45) is 0.403. The Morgan fingerprint density at radius 3 is 2.82 bits per heavy atom. The van der Waals surface area contributed by atoms with Gasteiger partial charge in [0, 0.05) is 13.0 Å². The number of rotatable bonds is 3. The maximum Gasteiger partial charge on any atom is 0.393 e. The van der Waals surface area contributed by atoms with Crippen LogP contribution < -0.4 is 5.73 Å². The average Bonchev–Trinajstić information content (AvgIpc) is 2.37. The summed E-state index contributed by atoms with van der Waals surface area (Å²) in [7, 11) is 0. The fourth-order valence-electron chi connectivity index (χ4n) is 0.565. The Labute approximate surface area is 62.0 Å². The fraction of sp³-hybridized carbons (Fsp3) is 0.400. The van der Waals surface area contributed by atoms with Crippen LogP contribution in [0, 0.1) is 0 Å². The van der Waals surface area contributed by atoms with Crippen molar-refractivity contribution < 1.29 is 14.3 Å². The molecule has 3 N–H and O–H groups in total. The van der Waals surface area contributed by atoms with E-state index in [1.165, 1.54) is 0 Å². The Balaban J connectivity index is 2.73. The Hall–Kier alpha value is -1.43. The summed E-state index contributed by atoms with van der Waals surface area (Å²) in [5.41, 5.74) is 5.17. The van der Waals surface area contributed by atoms with Gasteiger partial charge in [0.25, 0.3) is 0 Å². The molecular formula is C5H7N3O3. The van der Waals surface area contributed by atoms with Gasteiger partial charge in [-0.05, 0) is 0 Å². The molecule has 0 aliphatic carbocycles. The number of nitrogens with zero attached hydrogens (tertiary/aromatic N) is 2. The van der Waals surface area contributed by atoms with E-state index in [-0.39, 0.29) is 5.89 Å². The van der Waals surface area contributed by atoms with Gasteiger partial charge in [-0.25, -0.2) is 4.79 Å². The topological polar surface area (TPSA) is 102 Å². The van der Waals surface area contributed by atoms with Crippen LogP contribution in [0.25, 0.3) is 0 Å². The second-order valence-corrected chi connectivity index (χ2v) is 1.84. The first kappa shape index (κ1) is 7.67. The molecule has 1 heterocycles. The molecule has 0 aliphatic heterocycles. The number of carboxylic acid groups (broad SMARTS) is 1. The van der Waals surface area contributed by atoms with Crippen LogP contribution >= 0.6 is 0 Å². The van der Waals surface area contributed by atoms with Gasteiger partial charge in [-0.1, -0.05) is 0 Å². The summed E-state index contributed by atoms with van der Waals surface area (Å²) in [5, 5.41) is 15.1. The average molecular weight is 157 g/mol. The molecule has 0 saturated carbocycles. The highest BCUT2D eigenvalue weighted by atomic mass is 16.4. The number of aromatic nitrogens is 2. The normalized spacial score (nSPS) is 9.91. The van der Waals surface area contributed by atoms with Crippen molar-refractivity contribution in [1.82, 2.24) is 10.2 Å². The molecule has 0 saturated heterocycles. The van der Waals surface area contributed by atoms with Gasteiger partial charge >= 0.3 is 11.9 Å². The molecule has 0 amide bonds. The Morgan fingerprint density at radius 1 is 1.64 bits per heavy atom. The third-order valence-corrected chi connectivity index (χ3v) is 1.01. The molecule has 0 aromatic carbocycles. The summed E-state index contributed by atoms with van der Waals surface area (Å²) in [6.45, 7) is 0.362. The lowest BCUT2D eigenvalue weighted by molar-refractivity contribution is 0.0651. The standard InChI is InChI=1S/C5H7N3O3/c6-2-1-3-7-8-4(11-3)5(9)10/h1-2,6H2,(H,9,10). The SMILES string of the molecule is NCCc1nnc(C(=O)O)o1. The van der Waals surface area contributed by atoms with Crippen molar-refractivity contribution in [3.63, 3.8) is 0 Å². The summed E-state index contributed by atoms with van der Waals surface area (Å²) in [5.74, 6) is -1.36. The van der Waals surface area contributed by atoms with Gasteiger partial charge < -0.3 is 15.3 Å². The zero-order valence-corrected chi connectivity index (χ0v) is 5.65. The minimum absolute atomic E-state index is 0.255. The number of nitrogens with two attached hydrogens (primary N) is 1. The van der Waals surface area contributed by atoms with Crippen molar-refractivity contribution in [1.29, 1.82) is 0 Å². The van der Waals surface area contributed by atoms with Crippen LogP contribution in [0.2, 0.25) is 0 Å². The third kappa shape index (κ3) is 1.74. The molecule has 1 aromatic heterocycles. The van der Waals surface area contributed by atoms with Crippen molar-refractivity contribution in [3.8, 4) is 0 Å². The van der Waals surface area contributed by atoms with E-state index in [9.17, 15) is 4.79 Å². The second-order valence-electron chi connectivity index (χ2n) is 1.84.